The lowest BCUT2D eigenvalue weighted by Crippen LogP contribution is -2.49. The second-order valence-electron chi connectivity index (χ2n) is 8.17. The molecule has 4 nitrogen and oxygen atoms in total. The maximum absolute atomic E-state index is 15.0. The van der Waals surface area contributed by atoms with Crippen LogP contribution in [0.1, 0.15) is 49.3 Å². The van der Waals surface area contributed by atoms with E-state index in [-0.39, 0.29) is 36.2 Å². The van der Waals surface area contributed by atoms with Crippen molar-refractivity contribution in [2.75, 3.05) is 19.6 Å². The zero-order valence-electron chi connectivity index (χ0n) is 16.9. The van der Waals surface area contributed by atoms with E-state index < -0.39 is 6.17 Å². The Morgan fingerprint density at radius 2 is 1.79 bits per heavy atom. The number of benzene rings is 2. The lowest BCUT2D eigenvalue weighted by Gasteiger charge is -2.38. The molecule has 2 aliphatic heterocycles. The maximum Gasteiger partial charge on any atom is 0.240 e. The molecule has 0 spiro atoms. The Bertz CT molecular complexity index is 827. The van der Waals surface area contributed by atoms with Crippen molar-refractivity contribution in [3.63, 3.8) is 0 Å². The van der Waals surface area contributed by atoms with E-state index in [1.165, 1.54) is 5.56 Å². The lowest BCUT2D eigenvalue weighted by atomic mass is 9.87. The molecule has 1 N–H and O–H groups in total. The van der Waals surface area contributed by atoms with Crippen molar-refractivity contribution >= 4 is 5.91 Å². The van der Waals surface area contributed by atoms with Gasteiger partial charge >= 0.3 is 0 Å². The molecule has 4 rings (SSSR count). The summed E-state index contributed by atoms with van der Waals surface area (Å²) in [6, 6.07) is 16.9. The topological polar surface area (TPSA) is 43.8 Å². The minimum absolute atomic E-state index is 0.0874. The molecule has 4 atom stereocenters. The highest BCUT2D eigenvalue weighted by Gasteiger charge is 2.42. The standard InChI is InChI=1S/C24H29FN2O2/c1-2-22(18-6-4-3-5-7-18)27-15-13-23(24(27)29)26-14-12-20(21(25)16-26)17-8-10-19(28)11-9-17/h3-11,20-23,28H,2,12-16H2,1H3/t20-,21+,22+,23?/m1/s1. The number of halogens is 1. The number of phenolic OH excluding ortho intramolecular Hbond substituents is 1. The van der Waals surface area contributed by atoms with Crippen molar-refractivity contribution in [1.29, 1.82) is 0 Å². The molecule has 154 valence electrons. The van der Waals surface area contributed by atoms with E-state index in [1.807, 2.05) is 28.0 Å². The highest BCUT2D eigenvalue weighted by atomic mass is 19.1. The van der Waals surface area contributed by atoms with E-state index in [9.17, 15) is 9.90 Å². The quantitative estimate of drug-likeness (QED) is 0.821. The Morgan fingerprint density at radius 1 is 1.07 bits per heavy atom. The summed E-state index contributed by atoms with van der Waals surface area (Å²) in [5, 5.41) is 9.46. The van der Waals surface area contributed by atoms with E-state index in [1.54, 1.807) is 24.3 Å². The number of rotatable bonds is 5. The minimum Gasteiger partial charge on any atom is -0.508 e. The first-order valence-corrected chi connectivity index (χ1v) is 10.6. The zero-order valence-corrected chi connectivity index (χ0v) is 16.9. The number of hydrogen-bond donors (Lipinski definition) is 1. The van der Waals surface area contributed by atoms with Crippen LogP contribution in [-0.2, 0) is 4.79 Å². The predicted octanol–water partition coefficient (Wildman–Crippen LogP) is 4.27. The van der Waals surface area contributed by atoms with E-state index in [0.29, 0.717) is 6.42 Å². The molecule has 1 amide bonds. The molecule has 0 aliphatic carbocycles. The minimum atomic E-state index is -1.01. The van der Waals surface area contributed by atoms with Gasteiger partial charge in [0, 0.05) is 19.0 Å². The Kier molecular flexibility index (Phi) is 5.86. The summed E-state index contributed by atoms with van der Waals surface area (Å²) in [5.41, 5.74) is 2.09. The van der Waals surface area contributed by atoms with Gasteiger partial charge in [-0.2, -0.15) is 0 Å². The van der Waals surface area contributed by atoms with Crippen molar-refractivity contribution in [3.8, 4) is 5.75 Å². The van der Waals surface area contributed by atoms with Crippen LogP contribution in [-0.4, -0.2) is 52.7 Å². The molecule has 5 heteroatoms. The van der Waals surface area contributed by atoms with Gasteiger partial charge in [-0.3, -0.25) is 9.69 Å². The largest absolute Gasteiger partial charge is 0.508 e. The fraction of sp³-hybridized carbons (Fsp3) is 0.458. The highest BCUT2D eigenvalue weighted by Crippen LogP contribution is 2.35. The molecule has 0 aromatic heterocycles. The smallest absolute Gasteiger partial charge is 0.240 e. The molecule has 1 unspecified atom stereocenters. The van der Waals surface area contributed by atoms with Crippen molar-refractivity contribution in [3.05, 3.63) is 65.7 Å². The Morgan fingerprint density at radius 3 is 2.45 bits per heavy atom. The van der Waals surface area contributed by atoms with Gasteiger partial charge in [0.15, 0.2) is 0 Å². The van der Waals surface area contributed by atoms with Gasteiger partial charge in [0.05, 0.1) is 12.1 Å². The summed E-state index contributed by atoms with van der Waals surface area (Å²) in [7, 11) is 0. The number of phenols is 1. The third kappa shape index (κ3) is 4.01. The zero-order chi connectivity index (χ0) is 20.4. The van der Waals surface area contributed by atoms with Crippen LogP contribution in [0.2, 0.25) is 0 Å². The first kappa shape index (κ1) is 19.9. The van der Waals surface area contributed by atoms with Gasteiger partial charge in [0.1, 0.15) is 11.9 Å². The van der Waals surface area contributed by atoms with Crippen molar-refractivity contribution in [2.24, 2.45) is 0 Å². The Labute approximate surface area is 171 Å². The number of likely N-dealkylation sites (tertiary alicyclic amines) is 2. The molecule has 2 aromatic carbocycles. The molecule has 2 heterocycles. The molecule has 0 radical (unpaired) electrons. The van der Waals surface area contributed by atoms with Gasteiger partial charge in [0.2, 0.25) is 5.91 Å². The summed E-state index contributed by atoms with van der Waals surface area (Å²) < 4.78 is 15.0. The summed E-state index contributed by atoms with van der Waals surface area (Å²) in [6.45, 7) is 3.85. The van der Waals surface area contributed by atoms with Crippen LogP contribution in [0.25, 0.3) is 0 Å². The second-order valence-corrected chi connectivity index (χ2v) is 8.17. The van der Waals surface area contributed by atoms with Crippen LogP contribution in [0, 0.1) is 0 Å². The Balaban J connectivity index is 1.42. The number of nitrogens with zero attached hydrogens (tertiary/aromatic N) is 2. The first-order chi connectivity index (χ1) is 14.1. The SMILES string of the molecule is CC[C@@H](c1ccccc1)N1CCC(N2CC[C@H](c3ccc(O)cc3)[C@@H](F)C2)C1=O. The number of carbonyl (C=O) groups excluding carboxylic acids is 1. The fourth-order valence-electron chi connectivity index (χ4n) is 4.95. The molecule has 2 aliphatic rings. The predicted molar refractivity (Wildman–Crippen MR) is 112 cm³/mol. The van der Waals surface area contributed by atoms with Crippen LogP contribution < -0.4 is 0 Å². The van der Waals surface area contributed by atoms with Crippen LogP contribution in [0.4, 0.5) is 4.39 Å². The summed E-state index contributed by atoms with van der Waals surface area (Å²) in [6.07, 6.45) is 1.31. The van der Waals surface area contributed by atoms with Crippen LogP contribution in [0.5, 0.6) is 5.75 Å². The molecule has 0 saturated carbocycles. The number of amides is 1. The number of aromatic hydroxyl groups is 1. The van der Waals surface area contributed by atoms with Gasteiger partial charge in [-0.05, 0) is 49.1 Å². The lowest BCUT2D eigenvalue weighted by molar-refractivity contribution is -0.135. The van der Waals surface area contributed by atoms with E-state index in [4.69, 9.17) is 0 Å². The summed E-state index contributed by atoms with van der Waals surface area (Å²) >= 11 is 0. The van der Waals surface area contributed by atoms with Gasteiger partial charge in [-0.25, -0.2) is 4.39 Å². The Hall–Kier alpha value is -2.40. The summed E-state index contributed by atoms with van der Waals surface area (Å²) in [4.78, 5) is 17.2. The van der Waals surface area contributed by atoms with E-state index in [2.05, 4.69) is 19.1 Å². The fourth-order valence-corrected chi connectivity index (χ4v) is 4.95. The molecule has 0 bridgehead atoms. The molecule has 2 saturated heterocycles. The molecular formula is C24H29FN2O2. The molecule has 29 heavy (non-hydrogen) atoms. The van der Waals surface area contributed by atoms with Gasteiger partial charge in [0.25, 0.3) is 0 Å². The summed E-state index contributed by atoms with van der Waals surface area (Å²) in [5.74, 6) is 0.158. The van der Waals surface area contributed by atoms with Crippen molar-refractivity contribution in [2.45, 2.75) is 50.4 Å². The monoisotopic (exact) mass is 396 g/mol. The van der Waals surface area contributed by atoms with E-state index >= 15 is 4.39 Å². The van der Waals surface area contributed by atoms with Crippen molar-refractivity contribution in [1.82, 2.24) is 9.80 Å². The first-order valence-electron chi connectivity index (χ1n) is 10.6. The van der Waals surface area contributed by atoms with Gasteiger partial charge in [-0.15, -0.1) is 0 Å². The molecular weight excluding hydrogens is 367 g/mol. The number of hydrogen-bond acceptors (Lipinski definition) is 3. The van der Waals surface area contributed by atoms with Gasteiger partial charge < -0.3 is 10.0 Å². The number of alkyl halides is 1. The average molecular weight is 397 g/mol. The van der Waals surface area contributed by atoms with E-state index in [0.717, 1.165) is 31.5 Å². The average Bonchev–Trinajstić information content (AvgIpc) is 3.11. The number of piperidine rings is 1. The van der Waals surface area contributed by atoms with Crippen molar-refractivity contribution < 1.29 is 14.3 Å². The third-order valence-electron chi connectivity index (χ3n) is 6.49. The van der Waals surface area contributed by atoms with Gasteiger partial charge in [-0.1, -0.05) is 49.4 Å². The number of carbonyl (C=O) groups is 1. The second kappa shape index (κ2) is 8.54. The van der Waals surface area contributed by atoms with Crippen LogP contribution >= 0.6 is 0 Å². The van der Waals surface area contributed by atoms with Crippen LogP contribution in [0.15, 0.2) is 54.6 Å². The maximum atomic E-state index is 15.0. The van der Waals surface area contributed by atoms with Crippen LogP contribution in [0.3, 0.4) is 0 Å². The normalized spacial score (nSPS) is 26.6. The molecule has 2 aromatic rings. The molecule has 2 fully saturated rings. The highest BCUT2D eigenvalue weighted by molar-refractivity contribution is 5.84. The third-order valence-corrected chi connectivity index (χ3v) is 6.49.